The lowest BCUT2D eigenvalue weighted by molar-refractivity contribution is -0.120. The first-order valence-corrected chi connectivity index (χ1v) is 6.19. The van der Waals surface area contributed by atoms with Crippen molar-refractivity contribution in [3.05, 3.63) is 30.0 Å². The molecule has 19 heavy (non-hydrogen) atoms. The van der Waals surface area contributed by atoms with E-state index in [2.05, 4.69) is 15.1 Å². The lowest BCUT2D eigenvalue weighted by Gasteiger charge is -2.16. The number of pyridine rings is 1. The van der Waals surface area contributed by atoms with Gasteiger partial charge < -0.3 is 4.52 Å². The number of carbonyl (C=O) groups is 1. The van der Waals surface area contributed by atoms with Crippen LogP contribution in [0.4, 0.5) is 4.39 Å². The summed E-state index contributed by atoms with van der Waals surface area (Å²) in [6.07, 6.45) is 3.74. The van der Waals surface area contributed by atoms with Gasteiger partial charge in [-0.25, -0.2) is 9.37 Å². The van der Waals surface area contributed by atoms with Crippen molar-refractivity contribution in [2.45, 2.75) is 31.6 Å². The van der Waals surface area contributed by atoms with E-state index >= 15 is 0 Å². The Hall–Kier alpha value is -2.11. The molecular formula is C13H12FN3O2. The van der Waals surface area contributed by atoms with Crippen LogP contribution in [-0.4, -0.2) is 20.9 Å². The number of carbonyl (C=O) groups excluding carboxylic acids is 1. The number of hydrogen-bond acceptors (Lipinski definition) is 5. The highest BCUT2D eigenvalue weighted by molar-refractivity contribution is 5.79. The van der Waals surface area contributed by atoms with Crippen LogP contribution in [0, 0.1) is 5.82 Å². The first kappa shape index (κ1) is 12.0. The van der Waals surface area contributed by atoms with Gasteiger partial charge in [-0.05, 0) is 25.0 Å². The van der Waals surface area contributed by atoms with Crippen molar-refractivity contribution in [2.24, 2.45) is 0 Å². The first-order chi connectivity index (χ1) is 9.22. The largest absolute Gasteiger partial charge is 0.339 e. The summed E-state index contributed by atoms with van der Waals surface area (Å²) < 4.78 is 18.0. The number of aromatic nitrogens is 3. The summed E-state index contributed by atoms with van der Waals surface area (Å²) in [6, 6.07) is 2.81. The molecular weight excluding hydrogens is 249 g/mol. The molecule has 1 aliphatic rings. The Morgan fingerprint density at radius 2 is 2.05 bits per heavy atom. The zero-order valence-electron chi connectivity index (χ0n) is 10.2. The van der Waals surface area contributed by atoms with Crippen LogP contribution in [-0.2, 0) is 4.79 Å². The maximum Gasteiger partial charge on any atom is 0.230 e. The van der Waals surface area contributed by atoms with Gasteiger partial charge >= 0.3 is 0 Å². The summed E-state index contributed by atoms with van der Waals surface area (Å²) in [5, 5.41) is 3.85. The van der Waals surface area contributed by atoms with Crippen molar-refractivity contribution in [3.63, 3.8) is 0 Å². The highest BCUT2D eigenvalue weighted by Crippen LogP contribution is 2.30. The average Bonchev–Trinajstić information content (AvgIpc) is 2.90. The Labute approximate surface area is 108 Å². The zero-order valence-corrected chi connectivity index (χ0v) is 10.2. The Morgan fingerprint density at radius 3 is 2.74 bits per heavy atom. The second kappa shape index (κ2) is 4.87. The van der Waals surface area contributed by atoms with Crippen LogP contribution >= 0.6 is 0 Å². The van der Waals surface area contributed by atoms with E-state index in [4.69, 9.17) is 4.52 Å². The molecule has 0 amide bonds. The molecule has 98 valence electrons. The number of hydrogen-bond donors (Lipinski definition) is 0. The van der Waals surface area contributed by atoms with Gasteiger partial charge in [-0.1, -0.05) is 5.16 Å². The smallest absolute Gasteiger partial charge is 0.230 e. The van der Waals surface area contributed by atoms with Crippen molar-refractivity contribution in [2.75, 3.05) is 0 Å². The topological polar surface area (TPSA) is 68.9 Å². The van der Waals surface area contributed by atoms with Gasteiger partial charge in [-0.2, -0.15) is 4.98 Å². The number of nitrogens with zero attached hydrogens (tertiary/aromatic N) is 3. The third kappa shape index (κ3) is 2.52. The first-order valence-electron chi connectivity index (χ1n) is 6.19. The SMILES string of the molecule is O=C1CCC(c2nc(-c3ccc(F)cn3)no2)CC1. The minimum atomic E-state index is -0.404. The molecule has 0 spiro atoms. The van der Waals surface area contributed by atoms with E-state index in [0.29, 0.717) is 30.3 Å². The van der Waals surface area contributed by atoms with Crippen LogP contribution in [0.25, 0.3) is 11.5 Å². The minimum absolute atomic E-state index is 0.138. The fourth-order valence-corrected chi connectivity index (χ4v) is 2.20. The van der Waals surface area contributed by atoms with E-state index in [1.165, 1.54) is 12.1 Å². The van der Waals surface area contributed by atoms with Gasteiger partial charge in [-0.3, -0.25) is 4.79 Å². The van der Waals surface area contributed by atoms with E-state index < -0.39 is 5.82 Å². The predicted molar refractivity (Wildman–Crippen MR) is 63.7 cm³/mol. The fourth-order valence-electron chi connectivity index (χ4n) is 2.20. The normalized spacial score (nSPS) is 16.8. The summed E-state index contributed by atoms with van der Waals surface area (Å²) in [7, 11) is 0. The number of halogens is 1. The summed E-state index contributed by atoms with van der Waals surface area (Å²) in [5.41, 5.74) is 0.475. The van der Waals surface area contributed by atoms with Gasteiger partial charge in [0.2, 0.25) is 11.7 Å². The van der Waals surface area contributed by atoms with Gasteiger partial charge in [0.05, 0.1) is 6.20 Å². The number of Topliss-reactive ketones (excluding diaryl/α,β-unsaturated/α-hetero) is 1. The maximum atomic E-state index is 12.8. The molecule has 6 heteroatoms. The van der Waals surface area contributed by atoms with E-state index in [-0.39, 0.29) is 11.7 Å². The lowest BCUT2D eigenvalue weighted by atomic mass is 9.88. The van der Waals surface area contributed by atoms with E-state index in [9.17, 15) is 9.18 Å². The molecule has 0 aromatic carbocycles. The maximum absolute atomic E-state index is 12.8. The molecule has 0 unspecified atom stereocenters. The van der Waals surface area contributed by atoms with Crippen molar-refractivity contribution in [3.8, 4) is 11.5 Å². The van der Waals surface area contributed by atoms with Crippen molar-refractivity contribution in [1.29, 1.82) is 0 Å². The van der Waals surface area contributed by atoms with Gasteiger partial charge in [0.25, 0.3) is 0 Å². The quantitative estimate of drug-likeness (QED) is 0.830. The Bertz CT molecular complexity index is 584. The van der Waals surface area contributed by atoms with Crippen LogP contribution < -0.4 is 0 Å². The van der Waals surface area contributed by atoms with Crippen molar-refractivity contribution < 1.29 is 13.7 Å². The third-order valence-corrected chi connectivity index (χ3v) is 3.29. The highest BCUT2D eigenvalue weighted by atomic mass is 19.1. The number of ketones is 1. The standard InChI is InChI=1S/C13H12FN3O2/c14-9-3-6-11(15-7-9)12-16-13(19-17-12)8-1-4-10(18)5-2-8/h3,6-8H,1-2,4-5H2. The van der Waals surface area contributed by atoms with Crippen LogP contribution in [0.1, 0.15) is 37.5 Å². The monoisotopic (exact) mass is 261 g/mol. The van der Waals surface area contributed by atoms with Gasteiger partial charge in [-0.15, -0.1) is 0 Å². The van der Waals surface area contributed by atoms with E-state index in [1.807, 2.05) is 0 Å². The predicted octanol–water partition coefficient (Wildman–Crippen LogP) is 2.50. The molecule has 0 N–H and O–H groups in total. The third-order valence-electron chi connectivity index (χ3n) is 3.29. The summed E-state index contributed by atoms with van der Waals surface area (Å²) in [4.78, 5) is 19.4. The molecule has 0 saturated heterocycles. The molecule has 1 saturated carbocycles. The summed E-state index contributed by atoms with van der Waals surface area (Å²) in [5.74, 6) is 0.911. The molecule has 0 atom stereocenters. The molecule has 2 heterocycles. The van der Waals surface area contributed by atoms with Gasteiger partial charge in [0.1, 0.15) is 17.3 Å². The van der Waals surface area contributed by atoms with Gasteiger partial charge in [0.15, 0.2) is 0 Å². The molecule has 3 rings (SSSR count). The second-order valence-electron chi connectivity index (χ2n) is 4.63. The molecule has 0 radical (unpaired) electrons. The Balaban J connectivity index is 1.79. The molecule has 1 fully saturated rings. The molecule has 2 aromatic heterocycles. The number of rotatable bonds is 2. The average molecular weight is 261 g/mol. The minimum Gasteiger partial charge on any atom is -0.339 e. The Morgan fingerprint density at radius 1 is 1.26 bits per heavy atom. The second-order valence-corrected chi connectivity index (χ2v) is 4.63. The fraction of sp³-hybridized carbons (Fsp3) is 0.385. The lowest BCUT2D eigenvalue weighted by Crippen LogP contribution is -2.12. The van der Waals surface area contributed by atoms with Crippen LogP contribution in [0.15, 0.2) is 22.9 Å². The van der Waals surface area contributed by atoms with Crippen LogP contribution in [0.3, 0.4) is 0 Å². The van der Waals surface area contributed by atoms with Crippen LogP contribution in [0.5, 0.6) is 0 Å². The van der Waals surface area contributed by atoms with E-state index in [0.717, 1.165) is 19.0 Å². The molecule has 2 aromatic rings. The van der Waals surface area contributed by atoms with Crippen molar-refractivity contribution in [1.82, 2.24) is 15.1 Å². The molecule has 0 aliphatic heterocycles. The summed E-state index contributed by atoms with van der Waals surface area (Å²) >= 11 is 0. The molecule has 5 nitrogen and oxygen atoms in total. The molecule has 1 aliphatic carbocycles. The van der Waals surface area contributed by atoms with E-state index in [1.54, 1.807) is 0 Å². The Kier molecular flexibility index (Phi) is 3.06. The van der Waals surface area contributed by atoms with Crippen LogP contribution in [0.2, 0.25) is 0 Å². The highest BCUT2D eigenvalue weighted by Gasteiger charge is 2.25. The zero-order chi connectivity index (χ0) is 13.2. The molecule has 0 bridgehead atoms. The summed E-state index contributed by atoms with van der Waals surface area (Å²) in [6.45, 7) is 0. The van der Waals surface area contributed by atoms with Crippen molar-refractivity contribution >= 4 is 5.78 Å². The van der Waals surface area contributed by atoms with Gasteiger partial charge in [0, 0.05) is 18.8 Å².